The van der Waals surface area contributed by atoms with Crippen molar-refractivity contribution < 1.29 is 5.11 Å². The van der Waals surface area contributed by atoms with Gasteiger partial charge in [0.2, 0.25) is 0 Å². The summed E-state index contributed by atoms with van der Waals surface area (Å²) >= 11 is 0. The van der Waals surface area contributed by atoms with E-state index in [0.29, 0.717) is 13.1 Å². The van der Waals surface area contributed by atoms with Gasteiger partial charge in [-0.05, 0) is 18.1 Å². The molecule has 1 aromatic rings. The maximum Gasteiger partial charge on any atom is 0.0636 e. The summed E-state index contributed by atoms with van der Waals surface area (Å²) in [6.07, 6.45) is -0.306. The molecule has 0 aliphatic carbocycles. The fourth-order valence-corrected chi connectivity index (χ4v) is 1.34. The van der Waals surface area contributed by atoms with Crippen LogP contribution < -0.4 is 11.1 Å². The molecule has 14 heavy (non-hydrogen) atoms. The van der Waals surface area contributed by atoms with Crippen molar-refractivity contribution in [1.29, 1.82) is 0 Å². The third kappa shape index (κ3) is 3.46. The largest absolute Gasteiger partial charge is 0.392 e. The Balaban J connectivity index is 2.49. The Morgan fingerprint density at radius 1 is 1.36 bits per heavy atom. The lowest BCUT2D eigenvalue weighted by Gasteiger charge is -2.10. The Kier molecular flexibility index (Phi) is 4.59. The van der Waals surface area contributed by atoms with E-state index in [1.807, 2.05) is 18.2 Å². The van der Waals surface area contributed by atoms with Gasteiger partial charge < -0.3 is 16.2 Å². The zero-order chi connectivity index (χ0) is 10.4. The first-order chi connectivity index (χ1) is 6.74. The number of benzene rings is 1. The summed E-state index contributed by atoms with van der Waals surface area (Å²) < 4.78 is 0. The molecule has 4 N–H and O–H groups in total. The number of aliphatic hydroxyl groups excluding tert-OH is 1. The van der Waals surface area contributed by atoms with Gasteiger partial charge in [-0.3, -0.25) is 0 Å². The van der Waals surface area contributed by atoms with Crippen molar-refractivity contribution >= 4 is 0 Å². The predicted octanol–water partition coefficient (Wildman–Crippen LogP) is 0.616. The molecular weight excluding hydrogens is 176 g/mol. The number of rotatable bonds is 5. The summed E-state index contributed by atoms with van der Waals surface area (Å²) in [4.78, 5) is 0. The zero-order valence-corrected chi connectivity index (χ0v) is 8.53. The molecule has 1 rings (SSSR count). The van der Waals surface area contributed by atoms with Crippen LogP contribution in [0.3, 0.4) is 0 Å². The minimum Gasteiger partial charge on any atom is -0.392 e. The average Bonchev–Trinajstić information content (AvgIpc) is 2.18. The van der Waals surface area contributed by atoms with E-state index >= 15 is 0 Å². The molecule has 0 saturated carbocycles. The molecule has 0 aliphatic heterocycles. The van der Waals surface area contributed by atoms with Crippen molar-refractivity contribution in [2.75, 3.05) is 6.54 Å². The van der Waals surface area contributed by atoms with Crippen molar-refractivity contribution in [3.05, 3.63) is 35.4 Å². The Labute approximate surface area is 84.9 Å². The Morgan fingerprint density at radius 3 is 2.57 bits per heavy atom. The second-order valence-corrected chi connectivity index (χ2v) is 3.45. The predicted molar refractivity (Wildman–Crippen MR) is 57.7 cm³/mol. The highest BCUT2D eigenvalue weighted by Crippen LogP contribution is 2.06. The van der Waals surface area contributed by atoms with Gasteiger partial charge in [0.25, 0.3) is 0 Å². The van der Waals surface area contributed by atoms with Crippen LogP contribution in [0.4, 0.5) is 0 Å². The van der Waals surface area contributed by atoms with Crippen LogP contribution in [0.5, 0.6) is 0 Å². The molecule has 0 aliphatic rings. The first-order valence-corrected chi connectivity index (χ1v) is 4.89. The van der Waals surface area contributed by atoms with Crippen LogP contribution in [-0.2, 0) is 13.1 Å². The van der Waals surface area contributed by atoms with Gasteiger partial charge in [-0.2, -0.15) is 0 Å². The van der Waals surface area contributed by atoms with E-state index in [1.165, 1.54) is 5.56 Å². The minimum absolute atomic E-state index is 0.306. The van der Waals surface area contributed by atoms with Crippen LogP contribution >= 0.6 is 0 Å². The first kappa shape index (κ1) is 11.2. The maximum absolute atomic E-state index is 9.07. The van der Waals surface area contributed by atoms with Crippen LogP contribution in [0, 0.1) is 0 Å². The summed E-state index contributed by atoms with van der Waals surface area (Å²) in [6.45, 7) is 3.70. The number of hydrogen-bond donors (Lipinski definition) is 3. The second kappa shape index (κ2) is 5.75. The van der Waals surface area contributed by atoms with Gasteiger partial charge >= 0.3 is 0 Å². The third-order valence-electron chi connectivity index (χ3n) is 2.09. The second-order valence-electron chi connectivity index (χ2n) is 3.45. The van der Waals surface area contributed by atoms with Crippen molar-refractivity contribution in [3.63, 3.8) is 0 Å². The lowest BCUT2D eigenvalue weighted by atomic mass is 10.1. The van der Waals surface area contributed by atoms with Gasteiger partial charge in [0.05, 0.1) is 6.10 Å². The maximum atomic E-state index is 9.07. The summed E-state index contributed by atoms with van der Waals surface area (Å²) in [7, 11) is 0. The Morgan fingerprint density at radius 2 is 2.00 bits per heavy atom. The lowest BCUT2D eigenvalue weighted by molar-refractivity contribution is 0.191. The summed E-state index contributed by atoms with van der Waals surface area (Å²) in [5.41, 5.74) is 7.97. The van der Waals surface area contributed by atoms with Crippen LogP contribution in [0.15, 0.2) is 24.3 Å². The molecule has 1 unspecified atom stereocenters. The zero-order valence-electron chi connectivity index (χ0n) is 8.53. The van der Waals surface area contributed by atoms with Gasteiger partial charge in [0, 0.05) is 19.6 Å². The molecule has 0 fully saturated rings. The van der Waals surface area contributed by atoms with Crippen molar-refractivity contribution in [1.82, 2.24) is 5.32 Å². The molecule has 0 radical (unpaired) electrons. The van der Waals surface area contributed by atoms with Crippen molar-refractivity contribution in [3.8, 4) is 0 Å². The number of hydrogen-bond acceptors (Lipinski definition) is 3. The van der Waals surface area contributed by atoms with Gasteiger partial charge in [-0.15, -0.1) is 0 Å². The molecule has 0 amide bonds. The van der Waals surface area contributed by atoms with Gasteiger partial charge in [0.1, 0.15) is 0 Å². The molecule has 0 bridgehead atoms. The summed E-state index contributed by atoms with van der Waals surface area (Å²) in [5.74, 6) is 0. The SMILES string of the molecule is CC(O)CNCc1ccccc1CN. The first-order valence-electron chi connectivity index (χ1n) is 4.89. The highest BCUT2D eigenvalue weighted by Gasteiger charge is 2.00. The summed E-state index contributed by atoms with van der Waals surface area (Å²) in [5, 5.41) is 12.2. The van der Waals surface area contributed by atoms with E-state index in [2.05, 4.69) is 11.4 Å². The van der Waals surface area contributed by atoms with E-state index < -0.39 is 0 Å². The highest BCUT2D eigenvalue weighted by atomic mass is 16.3. The van der Waals surface area contributed by atoms with E-state index in [9.17, 15) is 0 Å². The van der Waals surface area contributed by atoms with Crippen LogP contribution in [0.1, 0.15) is 18.1 Å². The van der Waals surface area contributed by atoms with E-state index in [-0.39, 0.29) is 6.10 Å². The Hall–Kier alpha value is -0.900. The number of aliphatic hydroxyl groups is 1. The Bertz CT molecular complexity index is 274. The fraction of sp³-hybridized carbons (Fsp3) is 0.455. The molecule has 0 aromatic heterocycles. The lowest BCUT2D eigenvalue weighted by Crippen LogP contribution is -2.24. The van der Waals surface area contributed by atoms with Crippen LogP contribution in [-0.4, -0.2) is 17.8 Å². The molecule has 0 heterocycles. The van der Waals surface area contributed by atoms with Crippen molar-refractivity contribution in [2.24, 2.45) is 5.73 Å². The van der Waals surface area contributed by atoms with E-state index in [4.69, 9.17) is 10.8 Å². The molecule has 1 atom stereocenters. The summed E-state index contributed by atoms with van der Waals surface area (Å²) in [6, 6.07) is 8.07. The van der Waals surface area contributed by atoms with Gasteiger partial charge in [-0.1, -0.05) is 24.3 Å². The average molecular weight is 194 g/mol. The van der Waals surface area contributed by atoms with E-state index in [1.54, 1.807) is 6.92 Å². The smallest absolute Gasteiger partial charge is 0.0636 e. The van der Waals surface area contributed by atoms with Gasteiger partial charge in [0.15, 0.2) is 0 Å². The molecule has 0 spiro atoms. The topological polar surface area (TPSA) is 58.3 Å². The molecule has 1 aromatic carbocycles. The molecule has 3 heteroatoms. The normalized spacial score (nSPS) is 12.8. The molecular formula is C11H18N2O. The van der Waals surface area contributed by atoms with Crippen LogP contribution in [0.2, 0.25) is 0 Å². The molecule has 3 nitrogen and oxygen atoms in total. The van der Waals surface area contributed by atoms with Crippen LogP contribution in [0.25, 0.3) is 0 Å². The van der Waals surface area contributed by atoms with Crippen molar-refractivity contribution in [2.45, 2.75) is 26.1 Å². The quantitative estimate of drug-likeness (QED) is 0.644. The highest BCUT2D eigenvalue weighted by molar-refractivity contribution is 5.26. The van der Waals surface area contributed by atoms with E-state index in [0.717, 1.165) is 12.1 Å². The van der Waals surface area contributed by atoms with Gasteiger partial charge in [-0.25, -0.2) is 0 Å². The number of nitrogens with one attached hydrogen (secondary N) is 1. The third-order valence-corrected chi connectivity index (χ3v) is 2.09. The fourth-order valence-electron chi connectivity index (χ4n) is 1.34. The molecule has 78 valence electrons. The molecule has 0 saturated heterocycles. The number of nitrogens with two attached hydrogens (primary N) is 1. The standard InChI is InChI=1S/C11H18N2O/c1-9(14)7-13-8-11-5-3-2-4-10(11)6-12/h2-5,9,13-14H,6-8,12H2,1H3. The monoisotopic (exact) mass is 194 g/mol. The minimum atomic E-state index is -0.306.